The Morgan fingerprint density at radius 3 is 2.48 bits per heavy atom. The second kappa shape index (κ2) is 7.23. The van der Waals surface area contributed by atoms with E-state index in [9.17, 15) is 4.39 Å². The Labute approximate surface area is 127 Å². The van der Waals surface area contributed by atoms with Crippen LogP contribution in [0.15, 0.2) is 18.2 Å². The third-order valence-corrected chi connectivity index (χ3v) is 4.64. The minimum atomic E-state index is -0.0466. The highest BCUT2D eigenvalue weighted by Gasteiger charge is 2.15. The van der Waals surface area contributed by atoms with E-state index in [2.05, 4.69) is 21.2 Å². The maximum absolute atomic E-state index is 14.3. The Hall–Kier alpha value is -1.13. The summed E-state index contributed by atoms with van der Waals surface area (Å²) in [6.45, 7) is 7.38. The molecule has 116 valence electrons. The lowest BCUT2D eigenvalue weighted by atomic mass is 10.1. The largest absolute Gasteiger partial charge is 0.369 e. The molecule has 1 aromatic rings. The van der Waals surface area contributed by atoms with E-state index in [4.69, 9.17) is 0 Å². The zero-order chi connectivity index (χ0) is 14.5. The van der Waals surface area contributed by atoms with Gasteiger partial charge in [-0.05, 0) is 43.4 Å². The first-order valence-electron chi connectivity index (χ1n) is 8.29. The van der Waals surface area contributed by atoms with Crippen LogP contribution in [0.2, 0.25) is 0 Å². The number of piperazine rings is 1. The fourth-order valence-corrected chi connectivity index (χ4v) is 3.32. The zero-order valence-corrected chi connectivity index (χ0v) is 12.8. The molecule has 3 nitrogen and oxygen atoms in total. The molecule has 3 rings (SSSR count). The molecule has 1 N–H and O–H groups in total. The van der Waals surface area contributed by atoms with Crippen molar-refractivity contribution in [1.82, 2.24) is 10.2 Å². The van der Waals surface area contributed by atoms with Gasteiger partial charge in [-0.25, -0.2) is 4.39 Å². The van der Waals surface area contributed by atoms with E-state index in [0.29, 0.717) is 0 Å². The van der Waals surface area contributed by atoms with Gasteiger partial charge in [-0.15, -0.1) is 0 Å². The van der Waals surface area contributed by atoms with Crippen LogP contribution >= 0.6 is 0 Å². The number of anilines is 1. The molecular formula is C17H26FN3. The van der Waals surface area contributed by atoms with Crippen LogP contribution < -0.4 is 10.2 Å². The van der Waals surface area contributed by atoms with Gasteiger partial charge in [-0.2, -0.15) is 0 Å². The van der Waals surface area contributed by atoms with Crippen LogP contribution in [0.3, 0.4) is 0 Å². The number of hydrogen-bond donors (Lipinski definition) is 1. The lowest BCUT2D eigenvalue weighted by Crippen LogP contribution is -2.44. The average molecular weight is 291 g/mol. The van der Waals surface area contributed by atoms with Gasteiger partial charge < -0.3 is 15.1 Å². The molecule has 1 aromatic carbocycles. The summed E-state index contributed by atoms with van der Waals surface area (Å²) in [6.07, 6.45) is 4.59. The second-order valence-corrected chi connectivity index (χ2v) is 6.18. The SMILES string of the molecule is Fc1cc(CCN2CCNCC2)ccc1N1CCCCC1. The second-order valence-electron chi connectivity index (χ2n) is 6.18. The minimum absolute atomic E-state index is 0.0466. The van der Waals surface area contributed by atoms with Gasteiger partial charge in [0, 0.05) is 45.8 Å². The van der Waals surface area contributed by atoms with Crippen molar-refractivity contribution < 1.29 is 4.39 Å². The van der Waals surface area contributed by atoms with E-state index < -0.39 is 0 Å². The fourth-order valence-electron chi connectivity index (χ4n) is 3.32. The number of nitrogens with one attached hydrogen (secondary N) is 1. The van der Waals surface area contributed by atoms with Crippen molar-refractivity contribution in [1.29, 1.82) is 0 Å². The first kappa shape index (κ1) is 14.8. The van der Waals surface area contributed by atoms with E-state index in [0.717, 1.165) is 63.5 Å². The highest BCUT2D eigenvalue weighted by atomic mass is 19.1. The van der Waals surface area contributed by atoms with Gasteiger partial charge in [0.1, 0.15) is 5.82 Å². The van der Waals surface area contributed by atoms with Crippen molar-refractivity contribution in [2.75, 3.05) is 50.7 Å². The van der Waals surface area contributed by atoms with Crippen LogP contribution in [0, 0.1) is 5.82 Å². The molecule has 0 aliphatic carbocycles. The third kappa shape index (κ3) is 3.95. The quantitative estimate of drug-likeness (QED) is 0.918. The van der Waals surface area contributed by atoms with Crippen molar-refractivity contribution in [3.05, 3.63) is 29.6 Å². The van der Waals surface area contributed by atoms with E-state index in [-0.39, 0.29) is 5.82 Å². The topological polar surface area (TPSA) is 18.5 Å². The zero-order valence-electron chi connectivity index (χ0n) is 12.8. The molecule has 21 heavy (non-hydrogen) atoms. The Morgan fingerprint density at radius 2 is 1.76 bits per heavy atom. The predicted octanol–water partition coefficient (Wildman–Crippen LogP) is 2.26. The van der Waals surface area contributed by atoms with Crippen LogP contribution in [0.1, 0.15) is 24.8 Å². The Balaban J connectivity index is 1.58. The minimum Gasteiger partial charge on any atom is -0.369 e. The summed E-state index contributed by atoms with van der Waals surface area (Å²) >= 11 is 0. The number of benzene rings is 1. The summed E-state index contributed by atoms with van der Waals surface area (Å²) in [5, 5.41) is 3.36. The summed E-state index contributed by atoms with van der Waals surface area (Å²) in [7, 11) is 0. The molecule has 2 fully saturated rings. The molecule has 0 amide bonds. The van der Waals surface area contributed by atoms with Crippen LogP contribution in [0.5, 0.6) is 0 Å². The molecule has 0 unspecified atom stereocenters. The van der Waals surface area contributed by atoms with Crippen molar-refractivity contribution in [2.45, 2.75) is 25.7 Å². The first-order chi connectivity index (χ1) is 10.3. The van der Waals surface area contributed by atoms with Gasteiger partial charge in [0.15, 0.2) is 0 Å². The lowest BCUT2D eigenvalue weighted by Gasteiger charge is -2.29. The van der Waals surface area contributed by atoms with Crippen LogP contribution in [0.25, 0.3) is 0 Å². The molecule has 0 bridgehead atoms. The molecule has 2 saturated heterocycles. The normalized spacial score (nSPS) is 20.7. The molecule has 0 radical (unpaired) electrons. The molecule has 0 aromatic heterocycles. The monoisotopic (exact) mass is 291 g/mol. The molecule has 4 heteroatoms. The molecule has 2 heterocycles. The van der Waals surface area contributed by atoms with Crippen molar-refractivity contribution in [3.8, 4) is 0 Å². The first-order valence-corrected chi connectivity index (χ1v) is 8.29. The van der Waals surface area contributed by atoms with Crippen molar-refractivity contribution in [3.63, 3.8) is 0 Å². The number of rotatable bonds is 4. The molecule has 0 spiro atoms. The fraction of sp³-hybridized carbons (Fsp3) is 0.647. The molecule has 0 atom stereocenters. The maximum atomic E-state index is 14.3. The summed E-state index contributed by atoms with van der Waals surface area (Å²) in [4.78, 5) is 4.64. The Kier molecular flexibility index (Phi) is 5.09. The van der Waals surface area contributed by atoms with Gasteiger partial charge in [0.25, 0.3) is 0 Å². The van der Waals surface area contributed by atoms with E-state index in [1.54, 1.807) is 6.07 Å². The van der Waals surface area contributed by atoms with Gasteiger partial charge in [0.2, 0.25) is 0 Å². The summed E-state index contributed by atoms with van der Waals surface area (Å²) < 4.78 is 14.3. The van der Waals surface area contributed by atoms with Crippen LogP contribution in [-0.2, 0) is 6.42 Å². The maximum Gasteiger partial charge on any atom is 0.146 e. The Bertz CT molecular complexity index is 451. The summed E-state index contributed by atoms with van der Waals surface area (Å²) in [6, 6.07) is 5.83. The van der Waals surface area contributed by atoms with E-state index in [1.165, 1.54) is 19.3 Å². The Morgan fingerprint density at radius 1 is 1.00 bits per heavy atom. The third-order valence-electron chi connectivity index (χ3n) is 4.64. The highest BCUT2D eigenvalue weighted by molar-refractivity contribution is 5.49. The summed E-state index contributed by atoms with van der Waals surface area (Å²) in [5.74, 6) is -0.0466. The number of piperidine rings is 1. The predicted molar refractivity (Wildman–Crippen MR) is 85.5 cm³/mol. The van der Waals surface area contributed by atoms with Gasteiger partial charge in [-0.1, -0.05) is 6.07 Å². The molecule has 2 aliphatic rings. The van der Waals surface area contributed by atoms with Gasteiger partial charge >= 0.3 is 0 Å². The number of hydrogen-bond acceptors (Lipinski definition) is 3. The molecule has 2 aliphatic heterocycles. The van der Waals surface area contributed by atoms with Gasteiger partial charge in [0.05, 0.1) is 5.69 Å². The lowest BCUT2D eigenvalue weighted by molar-refractivity contribution is 0.244. The van der Waals surface area contributed by atoms with Crippen molar-refractivity contribution in [2.24, 2.45) is 0 Å². The average Bonchev–Trinajstić information content (AvgIpc) is 2.55. The van der Waals surface area contributed by atoms with E-state index >= 15 is 0 Å². The highest BCUT2D eigenvalue weighted by Crippen LogP contribution is 2.24. The van der Waals surface area contributed by atoms with E-state index in [1.807, 2.05) is 6.07 Å². The van der Waals surface area contributed by atoms with Gasteiger partial charge in [-0.3, -0.25) is 0 Å². The number of halogens is 1. The van der Waals surface area contributed by atoms with Crippen LogP contribution in [-0.4, -0.2) is 50.7 Å². The van der Waals surface area contributed by atoms with Crippen LogP contribution in [0.4, 0.5) is 10.1 Å². The van der Waals surface area contributed by atoms with Crippen molar-refractivity contribution >= 4 is 5.69 Å². The molecule has 0 saturated carbocycles. The smallest absolute Gasteiger partial charge is 0.146 e. The standard InChI is InChI=1S/C17H26FN3/c18-16-14-15(6-11-20-12-7-19-8-13-20)4-5-17(16)21-9-2-1-3-10-21/h4-5,14,19H,1-3,6-13H2. The number of nitrogens with zero attached hydrogens (tertiary/aromatic N) is 2. The molecular weight excluding hydrogens is 265 g/mol. The summed E-state index contributed by atoms with van der Waals surface area (Å²) in [5.41, 5.74) is 1.91.